The number of hydrogen-bond acceptors (Lipinski definition) is 2. The van der Waals surface area contributed by atoms with Crippen LogP contribution in [-0.2, 0) is 11.2 Å². The molecule has 2 aromatic carbocycles. The van der Waals surface area contributed by atoms with Crippen LogP contribution in [0.25, 0.3) is 21.7 Å². The molecule has 0 spiro atoms. The smallest absolute Gasteiger partial charge is 0.308 e. The lowest BCUT2D eigenvalue weighted by Crippen LogP contribution is -1.99. The van der Waals surface area contributed by atoms with E-state index in [1.165, 1.54) is 0 Å². The lowest BCUT2D eigenvalue weighted by molar-refractivity contribution is -0.136. The Bertz CT molecular complexity index is 758. The van der Waals surface area contributed by atoms with Crippen molar-refractivity contribution < 1.29 is 14.3 Å². The molecule has 0 amide bonds. The summed E-state index contributed by atoms with van der Waals surface area (Å²) >= 11 is 3.29. The van der Waals surface area contributed by atoms with E-state index >= 15 is 0 Å². The normalized spacial score (nSPS) is 11.2. The highest BCUT2D eigenvalue weighted by Gasteiger charge is 2.16. The molecular weight excluding hydrogens is 296 g/mol. The molecule has 0 saturated heterocycles. The molecule has 0 saturated carbocycles. The van der Waals surface area contributed by atoms with Crippen LogP contribution in [0.4, 0.5) is 0 Å². The van der Waals surface area contributed by atoms with Gasteiger partial charge in [-0.15, -0.1) is 0 Å². The highest BCUT2D eigenvalue weighted by atomic mass is 79.9. The Kier molecular flexibility index (Phi) is 2.59. The second-order valence-corrected chi connectivity index (χ2v) is 4.81. The van der Waals surface area contributed by atoms with E-state index in [1.54, 1.807) is 0 Å². The van der Waals surface area contributed by atoms with Gasteiger partial charge in [0.2, 0.25) is 0 Å². The number of aliphatic carboxylic acids is 1. The maximum absolute atomic E-state index is 10.9. The van der Waals surface area contributed by atoms with E-state index in [2.05, 4.69) is 15.9 Å². The number of fused-ring (bicyclic) bond motifs is 3. The molecule has 4 heteroatoms. The maximum Gasteiger partial charge on any atom is 0.308 e. The number of benzene rings is 2. The summed E-state index contributed by atoms with van der Waals surface area (Å²) in [4.78, 5) is 10.9. The van der Waals surface area contributed by atoms with E-state index in [9.17, 15) is 4.79 Å². The Morgan fingerprint density at radius 3 is 2.72 bits per heavy atom. The summed E-state index contributed by atoms with van der Waals surface area (Å²) in [5.41, 5.74) is 1.42. The summed E-state index contributed by atoms with van der Waals surface area (Å²) in [6.07, 6.45) is -0.0497. The second-order valence-electron chi connectivity index (χ2n) is 4.09. The van der Waals surface area contributed by atoms with Gasteiger partial charge in [0.05, 0.1) is 6.42 Å². The number of carboxylic acid groups (broad SMARTS) is 1. The van der Waals surface area contributed by atoms with Crippen LogP contribution < -0.4 is 0 Å². The maximum atomic E-state index is 10.9. The lowest BCUT2D eigenvalue weighted by Gasteiger charge is -1.98. The zero-order valence-corrected chi connectivity index (χ0v) is 10.9. The predicted octanol–water partition coefficient (Wildman–Crippen LogP) is 3.98. The molecule has 0 bridgehead atoms. The molecule has 3 aromatic rings. The Balaban J connectivity index is 2.37. The van der Waals surface area contributed by atoms with Gasteiger partial charge in [-0.05, 0) is 21.3 Å². The lowest BCUT2D eigenvalue weighted by atomic mass is 10.0. The molecule has 1 N–H and O–H groups in total. The Labute approximate surface area is 111 Å². The van der Waals surface area contributed by atoms with Gasteiger partial charge in [-0.25, -0.2) is 0 Å². The fourth-order valence-corrected chi connectivity index (χ4v) is 2.68. The standard InChI is InChI=1S/C14H9BrO3/c15-14-11(7-12(16)17)10-6-5-8-3-1-2-4-9(8)13(10)18-14/h1-6H,7H2,(H,16,17). The van der Waals surface area contributed by atoms with Gasteiger partial charge in [-0.3, -0.25) is 4.79 Å². The van der Waals surface area contributed by atoms with Crippen molar-refractivity contribution in [2.45, 2.75) is 6.42 Å². The number of carboxylic acids is 1. The fourth-order valence-electron chi connectivity index (χ4n) is 2.16. The molecular formula is C14H9BrO3. The summed E-state index contributed by atoms with van der Waals surface area (Å²) in [6, 6.07) is 11.8. The summed E-state index contributed by atoms with van der Waals surface area (Å²) < 4.78 is 6.16. The number of rotatable bonds is 2. The van der Waals surface area contributed by atoms with Crippen molar-refractivity contribution in [3.05, 3.63) is 46.6 Å². The van der Waals surface area contributed by atoms with Crippen molar-refractivity contribution in [2.75, 3.05) is 0 Å². The van der Waals surface area contributed by atoms with Gasteiger partial charge < -0.3 is 9.52 Å². The van der Waals surface area contributed by atoms with E-state index in [-0.39, 0.29) is 6.42 Å². The second kappa shape index (κ2) is 4.14. The van der Waals surface area contributed by atoms with Crippen molar-refractivity contribution >= 4 is 43.6 Å². The predicted molar refractivity (Wildman–Crippen MR) is 72.8 cm³/mol. The molecule has 0 aliphatic carbocycles. The molecule has 0 atom stereocenters. The molecule has 0 fully saturated rings. The van der Waals surface area contributed by atoms with Gasteiger partial charge in [-0.2, -0.15) is 0 Å². The van der Waals surface area contributed by atoms with Crippen molar-refractivity contribution in [2.24, 2.45) is 0 Å². The Morgan fingerprint density at radius 1 is 1.17 bits per heavy atom. The van der Waals surface area contributed by atoms with Gasteiger partial charge in [-0.1, -0.05) is 36.4 Å². The third-order valence-corrected chi connectivity index (χ3v) is 3.60. The van der Waals surface area contributed by atoms with E-state index in [4.69, 9.17) is 9.52 Å². The van der Waals surface area contributed by atoms with E-state index in [1.807, 2.05) is 36.4 Å². The molecule has 1 aromatic heterocycles. The quantitative estimate of drug-likeness (QED) is 0.779. The van der Waals surface area contributed by atoms with Crippen LogP contribution in [0, 0.1) is 0 Å². The Hall–Kier alpha value is -1.81. The summed E-state index contributed by atoms with van der Waals surface area (Å²) in [6.45, 7) is 0. The van der Waals surface area contributed by atoms with Gasteiger partial charge >= 0.3 is 5.97 Å². The van der Waals surface area contributed by atoms with Crippen LogP contribution in [0.1, 0.15) is 5.56 Å². The third kappa shape index (κ3) is 1.69. The highest BCUT2D eigenvalue weighted by molar-refractivity contribution is 9.10. The summed E-state index contributed by atoms with van der Waals surface area (Å²) in [5.74, 6) is -0.869. The van der Waals surface area contributed by atoms with Crippen molar-refractivity contribution in [1.82, 2.24) is 0 Å². The SMILES string of the molecule is O=C(O)Cc1c(Br)oc2c1ccc1ccccc12. The topological polar surface area (TPSA) is 50.4 Å². The molecule has 0 unspecified atom stereocenters. The number of carbonyl (C=O) groups is 1. The molecule has 90 valence electrons. The number of hydrogen-bond donors (Lipinski definition) is 1. The average molecular weight is 305 g/mol. The number of furan rings is 1. The van der Waals surface area contributed by atoms with Crippen LogP contribution in [0.2, 0.25) is 0 Å². The largest absolute Gasteiger partial charge is 0.481 e. The minimum Gasteiger partial charge on any atom is -0.481 e. The third-order valence-electron chi connectivity index (χ3n) is 2.96. The van der Waals surface area contributed by atoms with Gasteiger partial charge in [0.25, 0.3) is 0 Å². The monoisotopic (exact) mass is 304 g/mol. The fraction of sp³-hybridized carbons (Fsp3) is 0.0714. The van der Waals surface area contributed by atoms with Crippen LogP contribution in [-0.4, -0.2) is 11.1 Å². The van der Waals surface area contributed by atoms with Crippen molar-refractivity contribution in [3.63, 3.8) is 0 Å². The van der Waals surface area contributed by atoms with Gasteiger partial charge in [0.15, 0.2) is 4.67 Å². The minimum atomic E-state index is -0.869. The van der Waals surface area contributed by atoms with Crippen LogP contribution >= 0.6 is 15.9 Å². The molecule has 3 rings (SSSR count). The average Bonchev–Trinajstić information content (AvgIpc) is 2.66. The first-order valence-corrected chi connectivity index (χ1v) is 6.26. The zero-order valence-electron chi connectivity index (χ0n) is 9.31. The molecule has 18 heavy (non-hydrogen) atoms. The highest BCUT2D eigenvalue weighted by Crippen LogP contribution is 2.35. The van der Waals surface area contributed by atoms with Gasteiger partial charge in [0, 0.05) is 16.3 Å². The first kappa shape index (κ1) is 11.3. The Morgan fingerprint density at radius 2 is 1.94 bits per heavy atom. The van der Waals surface area contributed by atoms with E-state index in [0.29, 0.717) is 10.2 Å². The van der Waals surface area contributed by atoms with Crippen LogP contribution in [0.3, 0.4) is 0 Å². The number of halogens is 1. The first-order valence-electron chi connectivity index (χ1n) is 5.47. The van der Waals surface area contributed by atoms with Gasteiger partial charge in [0.1, 0.15) is 5.58 Å². The molecule has 3 nitrogen and oxygen atoms in total. The molecule has 0 aliphatic rings. The van der Waals surface area contributed by atoms with E-state index in [0.717, 1.165) is 21.7 Å². The molecule has 1 heterocycles. The molecule has 0 radical (unpaired) electrons. The van der Waals surface area contributed by atoms with Crippen molar-refractivity contribution in [3.8, 4) is 0 Å². The van der Waals surface area contributed by atoms with E-state index < -0.39 is 5.97 Å². The minimum absolute atomic E-state index is 0.0497. The van der Waals surface area contributed by atoms with Crippen LogP contribution in [0.5, 0.6) is 0 Å². The summed E-state index contributed by atoms with van der Waals surface area (Å²) in [5, 5.41) is 11.8. The van der Waals surface area contributed by atoms with Crippen molar-refractivity contribution in [1.29, 1.82) is 0 Å². The first-order chi connectivity index (χ1) is 8.66. The van der Waals surface area contributed by atoms with Crippen LogP contribution in [0.15, 0.2) is 45.5 Å². The molecule has 0 aliphatic heterocycles. The zero-order chi connectivity index (χ0) is 12.7. The summed E-state index contributed by atoms with van der Waals surface area (Å²) in [7, 11) is 0.